The monoisotopic (exact) mass is 427 g/mol. The third-order valence-electron chi connectivity index (χ3n) is 5.46. The van der Waals surface area contributed by atoms with Crippen LogP contribution in [0.2, 0.25) is 0 Å². The van der Waals surface area contributed by atoms with Gasteiger partial charge in [-0.1, -0.05) is 12.1 Å². The van der Waals surface area contributed by atoms with Crippen molar-refractivity contribution in [1.82, 2.24) is 9.62 Å². The van der Waals surface area contributed by atoms with Gasteiger partial charge in [0.15, 0.2) is 0 Å². The zero-order valence-corrected chi connectivity index (χ0v) is 17.7. The number of hydrogen-bond acceptors (Lipinski definition) is 4. The molecule has 2 fully saturated rings. The maximum atomic E-state index is 12.8. The normalized spacial score (nSPS) is 17.0. The molecule has 0 unspecified atom stereocenters. The summed E-state index contributed by atoms with van der Waals surface area (Å²) in [7, 11) is -3.60. The zero-order chi connectivity index (χ0) is 21.3. The third-order valence-corrected chi connectivity index (χ3v) is 7.35. The molecule has 1 heterocycles. The summed E-state index contributed by atoms with van der Waals surface area (Å²) >= 11 is 0. The van der Waals surface area contributed by atoms with Crippen LogP contribution in [0.4, 0.5) is 5.69 Å². The van der Waals surface area contributed by atoms with E-state index in [1.165, 1.54) is 16.4 Å². The Morgan fingerprint density at radius 3 is 2.37 bits per heavy atom. The number of sulfonamides is 1. The minimum atomic E-state index is -3.60. The Morgan fingerprint density at radius 2 is 1.67 bits per heavy atom. The summed E-state index contributed by atoms with van der Waals surface area (Å²) in [5, 5.41) is 5.74. The maximum absolute atomic E-state index is 12.8. The highest BCUT2D eigenvalue weighted by molar-refractivity contribution is 7.89. The standard InChI is InChI=1S/C22H25N3O4S/c1-15-7-8-17(21(26)23-18-9-10-18)14-20(15)24-22(27)16-5-4-6-19(13-16)30(28,29)25-11-2-3-12-25/h4-8,13-14,18H,2-3,9-12H2,1H3,(H,23,26)(H,24,27). The molecular weight excluding hydrogens is 402 g/mol. The average molecular weight is 428 g/mol. The van der Waals surface area contributed by atoms with Crippen molar-refractivity contribution in [1.29, 1.82) is 0 Å². The van der Waals surface area contributed by atoms with Gasteiger partial charge in [0.05, 0.1) is 4.90 Å². The van der Waals surface area contributed by atoms with Crippen molar-refractivity contribution >= 4 is 27.5 Å². The predicted octanol–water partition coefficient (Wildman–Crippen LogP) is 2.92. The number of carbonyl (C=O) groups is 2. The van der Waals surface area contributed by atoms with Crippen LogP contribution in [0.15, 0.2) is 47.4 Å². The molecule has 1 saturated carbocycles. The highest BCUT2D eigenvalue weighted by Crippen LogP contribution is 2.24. The molecule has 2 N–H and O–H groups in total. The van der Waals surface area contributed by atoms with E-state index >= 15 is 0 Å². The molecular formula is C22H25N3O4S. The number of hydrogen-bond donors (Lipinski definition) is 2. The fourth-order valence-electron chi connectivity index (χ4n) is 3.46. The van der Waals surface area contributed by atoms with Gasteiger partial charge in [0.2, 0.25) is 10.0 Å². The van der Waals surface area contributed by atoms with Gasteiger partial charge < -0.3 is 10.6 Å². The van der Waals surface area contributed by atoms with Crippen LogP contribution in [0, 0.1) is 6.92 Å². The number of aryl methyl sites for hydroxylation is 1. The van der Waals surface area contributed by atoms with Crippen LogP contribution >= 0.6 is 0 Å². The quantitative estimate of drug-likeness (QED) is 0.741. The van der Waals surface area contributed by atoms with Gasteiger partial charge in [-0.05, 0) is 68.5 Å². The molecule has 4 rings (SSSR count). The fourth-order valence-corrected chi connectivity index (χ4v) is 5.03. The molecule has 1 aliphatic heterocycles. The smallest absolute Gasteiger partial charge is 0.255 e. The molecule has 2 amide bonds. The van der Waals surface area contributed by atoms with E-state index in [1.807, 2.05) is 6.92 Å². The van der Waals surface area contributed by atoms with Gasteiger partial charge in [-0.2, -0.15) is 4.31 Å². The van der Waals surface area contributed by atoms with E-state index in [0.717, 1.165) is 31.2 Å². The summed E-state index contributed by atoms with van der Waals surface area (Å²) in [5.41, 5.74) is 2.07. The van der Waals surface area contributed by atoms with Crippen molar-refractivity contribution in [2.75, 3.05) is 18.4 Å². The van der Waals surface area contributed by atoms with Gasteiger partial charge in [-0.25, -0.2) is 8.42 Å². The van der Waals surface area contributed by atoms with Crippen LogP contribution in [0.3, 0.4) is 0 Å². The van der Waals surface area contributed by atoms with Gasteiger partial charge in [-0.3, -0.25) is 9.59 Å². The Hall–Kier alpha value is -2.71. The van der Waals surface area contributed by atoms with Crippen molar-refractivity contribution < 1.29 is 18.0 Å². The number of benzene rings is 2. The van der Waals surface area contributed by atoms with Crippen molar-refractivity contribution in [3.8, 4) is 0 Å². The van der Waals surface area contributed by atoms with E-state index in [-0.39, 0.29) is 22.4 Å². The SMILES string of the molecule is Cc1ccc(C(=O)NC2CC2)cc1NC(=O)c1cccc(S(=O)(=O)N2CCCC2)c1. The van der Waals surface area contributed by atoms with Crippen LogP contribution in [0.1, 0.15) is 52.0 Å². The van der Waals surface area contributed by atoms with Crippen LogP contribution in [-0.4, -0.2) is 43.7 Å². The second-order valence-corrected chi connectivity index (χ2v) is 9.81. The van der Waals surface area contributed by atoms with Crippen LogP contribution < -0.4 is 10.6 Å². The van der Waals surface area contributed by atoms with E-state index in [2.05, 4.69) is 10.6 Å². The lowest BCUT2D eigenvalue weighted by molar-refractivity contribution is 0.0949. The number of rotatable bonds is 6. The summed E-state index contributed by atoms with van der Waals surface area (Å²) in [5.74, 6) is -0.581. The first kappa shape index (κ1) is 20.6. The number of anilines is 1. The summed E-state index contributed by atoms with van der Waals surface area (Å²) < 4.78 is 27.0. The molecule has 0 radical (unpaired) electrons. The second-order valence-electron chi connectivity index (χ2n) is 7.87. The maximum Gasteiger partial charge on any atom is 0.255 e. The topological polar surface area (TPSA) is 95.6 Å². The molecule has 1 aliphatic carbocycles. The van der Waals surface area contributed by atoms with Crippen molar-refractivity contribution in [3.63, 3.8) is 0 Å². The van der Waals surface area contributed by atoms with Gasteiger partial charge in [0.25, 0.3) is 11.8 Å². The molecule has 158 valence electrons. The largest absolute Gasteiger partial charge is 0.349 e. The lowest BCUT2D eigenvalue weighted by atomic mass is 10.1. The minimum absolute atomic E-state index is 0.117. The molecule has 0 spiro atoms. The molecule has 30 heavy (non-hydrogen) atoms. The van der Waals surface area contributed by atoms with Crippen molar-refractivity contribution in [3.05, 3.63) is 59.2 Å². The molecule has 2 aromatic carbocycles. The molecule has 0 aromatic heterocycles. The first-order chi connectivity index (χ1) is 14.3. The Labute approximate surface area is 176 Å². The van der Waals surface area contributed by atoms with Crippen molar-refractivity contribution in [2.45, 2.75) is 43.5 Å². The predicted molar refractivity (Wildman–Crippen MR) is 114 cm³/mol. The van der Waals surface area contributed by atoms with Gasteiger partial charge in [0.1, 0.15) is 0 Å². The first-order valence-electron chi connectivity index (χ1n) is 10.2. The Morgan fingerprint density at radius 1 is 0.967 bits per heavy atom. The summed E-state index contributed by atoms with van der Waals surface area (Å²) in [4.78, 5) is 25.2. The second kappa shape index (κ2) is 8.20. The first-order valence-corrected chi connectivity index (χ1v) is 11.6. The summed E-state index contributed by atoms with van der Waals surface area (Å²) in [6.45, 7) is 2.85. The molecule has 1 saturated heterocycles. The van der Waals surface area contributed by atoms with E-state index < -0.39 is 15.9 Å². The summed E-state index contributed by atoms with van der Waals surface area (Å²) in [6, 6.07) is 11.5. The van der Waals surface area contributed by atoms with Gasteiger partial charge >= 0.3 is 0 Å². The Bertz CT molecular complexity index is 1090. The fraction of sp³-hybridized carbons (Fsp3) is 0.364. The van der Waals surface area contributed by atoms with E-state index in [4.69, 9.17) is 0 Å². The number of amides is 2. The van der Waals surface area contributed by atoms with E-state index in [9.17, 15) is 18.0 Å². The van der Waals surface area contributed by atoms with Crippen molar-refractivity contribution in [2.24, 2.45) is 0 Å². The zero-order valence-electron chi connectivity index (χ0n) is 16.8. The Kier molecular flexibility index (Phi) is 5.62. The van der Waals surface area contributed by atoms with Gasteiger partial charge in [0, 0.05) is 35.9 Å². The average Bonchev–Trinajstić information content (AvgIpc) is 3.36. The summed E-state index contributed by atoms with van der Waals surface area (Å²) in [6.07, 6.45) is 3.70. The lowest BCUT2D eigenvalue weighted by Gasteiger charge is -2.16. The number of nitrogens with one attached hydrogen (secondary N) is 2. The number of nitrogens with zero attached hydrogens (tertiary/aromatic N) is 1. The highest BCUT2D eigenvalue weighted by Gasteiger charge is 2.28. The van der Waals surface area contributed by atoms with Crippen LogP contribution in [0.5, 0.6) is 0 Å². The van der Waals surface area contributed by atoms with E-state index in [1.54, 1.807) is 30.3 Å². The number of carbonyl (C=O) groups excluding carboxylic acids is 2. The van der Waals surface area contributed by atoms with Crippen LogP contribution in [0.25, 0.3) is 0 Å². The van der Waals surface area contributed by atoms with E-state index in [0.29, 0.717) is 24.3 Å². The third kappa shape index (κ3) is 4.39. The minimum Gasteiger partial charge on any atom is -0.349 e. The molecule has 8 heteroatoms. The van der Waals surface area contributed by atoms with Crippen LogP contribution in [-0.2, 0) is 10.0 Å². The lowest BCUT2D eigenvalue weighted by Crippen LogP contribution is -2.28. The molecule has 0 atom stereocenters. The molecule has 2 aromatic rings. The highest BCUT2D eigenvalue weighted by atomic mass is 32.2. The molecule has 0 bridgehead atoms. The molecule has 2 aliphatic rings. The molecule has 7 nitrogen and oxygen atoms in total. The Balaban J connectivity index is 1.53. The van der Waals surface area contributed by atoms with Gasteiger partial charge in [-0.15, -0.1) is 0 Å².